The van der Waals surface area contributed by atoms with Crippen LogP contribution in [0.2, 0.25) is 0 Å². The van der Waals surface area contributed by atoms with Crippen LogP contribution in [-0.4, -0.2) is 11.5 Å². The number of fused-ring (bicyclic) bond motifs is 1. The first kappa shape index (κ1) is 11.0. The number of hydrogen-bond donors (Lipinski definition) is 1. The van der Waals surface area contributed by atoms with Gasteiger partial charge in [-0.15, -0.1) is 0 Å². The summed E-state index contributed by atoms with van der Waals surface area (Å²) >= 11 is 0. The van der Waals surface area contributed by atoms with E-state index < -0.39 is 5.60 Å². The van der Waals surface area contributed by atoms with Gasteiger partial charge in [-0.2, -0.15) is 0 Å². The number of ether oxygens (including phenoxy) is 1. The van der Waals surface area contributed by atoms with Crippen LogP contribution >= 0.6 is 0 Å². The van der Waals surface area contributed by atoms with Gasteiger partial charge in [-0.3, -0.25) is 4.79 Å². The third kappa shape index (κ3) is 2.03. The van der Waals surface area contributed by atoms with E-state index in [1.165, 1.54) is 0 Å². The van der Waals surface area contributed by atoms with E-state index in [1.807, 2.05) is 39.8 Å². The molecule has 1 aliphatic heterocycles. The molecular weight excluding hydrogens is 202 g/mol. The predicted octanol–water partition coefficient (Wildman–Crippen LogP) is 2.80. The summed E-state index contributed by atoms with van der Waals surface area (Å²) in [7, 11) is 0. The minimum atomic E-state index is -0.449. The molecule has 0 aliphatic carbocycles. The molecule has 0 aromatic heterocycles. The van der Waals surface area contributed by atoms with Crippen LogP contribution in [-0.2, 0) is 4.79 Å². The lowest BCUT2D eigenvalue weighted by molar-refractivity contribution is -0.118. The summed E-state index contributed by atoms with van der Waals surface area (Å²) in [6, 6.07) is 4.01. The molecule has 0 radical (unpaired) electrons. The molecule has 0 unspecified atom stereocenters. The van der Waals surface area contributed by atoms with Crippen molar-refractivity contribution in [3.8, 4) is 5.75 Å². The Hall–Kier alpha value is -1.51. The molecule has 0 atom stereocenters. The second-order valence-corrected chi connectivity index (χ2v) is 5.04. The smallest absolute Gasteiger partial charge is 0.228 e. The van der Waals surface area contributed by atoms with Crippen LogP contribution in [0.5, 0.6) is 5.75 Å². The Bertz CT molecular complexity index is 449. The van der Waals surface area contributed by atoms with Gasteiger partial charge in [0.15, 0.2) is 0 Å². The van der Waals surface area contributed by atoms with Crippen LogP contribution in [0.4, 0.5) is 5.69 Å². The molecule has 0 spiro atoms. The van der Waals surface area contributed by atoms with Crippen molar-refractivity contribution in [2.75, 3.05) is 5.32 Å². The van der Waals surface area contributed by atoms with E-state index in [0.717, 1.165) is 22.6 Å². The molecule has 1 aliphatic rings. The topological polar surface area (TPSA) is 38.3 Å². The van der Waals surface area contributed by atoms with E-state index in [-0.39, 0.29) is 5.91 Å². The summed E-state index contributed by atoms with van der Waals surface area (Å²) in [6.07, 6.45) is 0.375. The number of amides is 1. The van der Waals surface area contributed by atoms with Crippen molar-refractivity contribution >= 4 is 11.6 Å². The Kier molecular flexibility index (Phi) is 2.41. The second-order valence-electron chi connectivity index (χ2n) is 5.04. The molecule has 0 bridgehead atoms. The van der Waals surface area contributed by atoms with Gasteiger partial charge in [0.1, 0.15) is 11.4 Å². The fourth-order valence-corrected chi connectivity index (χ4v) is 2.07. The lowest BCUT2D eigenvalue weighted by Crippen LogP contribution is -2.30. The van der Waals surface area contributed by atoms with Crippen molar-refractivity contribution in [2.24, 2.45) is 0 Å². The Morgan fingerprint density at radius 3 is 2.69 bits per heavy atom. The zero-order chi connectivity index (χ0) is 11.9. The summed E-state index contributed by atoms with van der Waals surface area (Å²) in [5, 5.41) is 2.91. The maximum atomic E-state index is 11.7. The standard InChI is InChI=1S/C13H17NO2/c1-8-5-9(2)12-10(6-8)16-13(3,4)7-11(15)14-12/h5-6H,7H2,1-4H3,(H,14,15). The molecule has 1 aromatic carbocycles. The molecule has 0 saturated heterocycles. The molecule has 86 valence electrons. The van der Waals surface area contributed by atoms with Gasteiger partial charge in [0.25, 0.3) is 0 Å². The van der Waals surface area contributed by atoms with Crippen molar-refractivity contribution in [3.05, 3.63) is 23.3 Å². The van der Waals surface area contributed by atoms with Crippen molar-refractivity contribution in [1.29, 1.82) is 0 Å². The van der Waals surface area contributed by atoms with Crippen molar-refractivity contribution in [1.82, 2.24) is 0 Å². The molecule has 0 fully saturated rings. The Morgan fingerprint density at radius 2 is 2.00 bits per heavy atom. The van der Waals surface area contributed by atoms with E-state index in [4.69, 9.17) is 4.74 Å². The first-order valence-corrected chi connectivity index (χ1v) is 5.47. The quantitative estimate of drug-likeness (QED) is 0.728. The Balaban J connectivity index is 2.54. The number of aryl methyl sites for hydroxylation is 2. The van der Waals surface area contributed by atoms with E-state index >= 15 is 0 Å². The molecule has 0 saturated carbocycles. The van der Waals surface area contributed by atoms with Gasteiger partial charge in [0, 0.05) is 0 Å². The average molecular weight is 219 g/mol. The van der Waals surface area contributed by atoms with E-state index in [1.54, 1.807) is 0 Å². The molecule has 1 amide bonds. The number of benzene rings is 1. The third-order valence-corrected chi connectivity index (χ3v) is 2.68. The first-order valence-electron chi connectivity index (χ1n) is 5.47. The first-order chi connectivity index (χ1) is 7.37. The molecule has 1 aromatic rings. The van der Waals surface area contributed by atoms with Crippen LogP contribution < -0.4 is 10.1 Å². The summed E-state index contributed by atoms with van der Waals surface area (Å²) < 4.78 is 5.89. The predicted molar refractivity (Wildman–Crippen MR) is 63.9 cm³/mol. The van der Waals surface area contributed by atoms with Gasteiger partial charge >= 0.3 is 0 Å². The minimum absolute atomic E-state index is 0.00991. The van der Waals surface area contributed by atoms with Crippen LogP contribution in [0.15, 0.2) is 12.1 Å². The van der Waals surface area contributed by atoms with Crippen LogP contribution in [0.3, 0.4) is 0 Å². The maximum Gasteiger partial charge on any atom is 0.228 e. The summed E-state index contributed by atoms with van der Waals surface area (Å²) in [5.74, 6) is 0.782. The number of carbonyl (C=O) groups excluding carboxylic acids is 1. The van der Waals surface area contributed by atoms with Crippen LogP contribution in [0.1, 0.15) is 31.4 Å². The fraction of sp³-hybridized carbons (Fsp3) is 0.462. The van der Waals surface area contributed by atoms with Gasteiger partial charge in [-0.1, -0.05) is 6.07 Å². The summed E-state index contributed by atoms with van der Waals surface area (Å²) in [4.78, 5) is 11.7. The van der Waals surface area contributed by atoms with E-state index in [9.17, 15) is 4.79 Å². The molecule has 1 N–H and O–H groups in total. The second kappa shape index (κ2) is 3.51. The average Bonchev–Trinajstić information content (AvgIpc) is 2.19. The van der Waals surface area contributed by atoms with Crippen LogP contribution in [0.25, 0.3) is 0 Å². The highest BCUT2D eigenvalue weighted by atomic mass is 16.5. The largest absolute Gasteiger partial charge is 0.485 e. The zero-order valence-electron chi connectivity index (χ0n) is 10.2. The molecular formula is C13H17NO2. The highest BCUT2D eigenvalue weighted by Gasteiger charge is 2.29. The SMILES string of the molecule is Cc1cc(C)c2c(c1)OC(C)(C)CC(=O)N2. The molecule has 1 heterocycles. The van der Waals surface area contributed by atoms with E-state index in [0.29, 0.717) is 6.42 Å². The fourth-order valence-electron chi connectivity index (χ4n) is 2.07. The van der Waals surface area contributed by atoms with E-state index in [2.05, 4.69) is 5.32 Å². The normalized spacial score (nSPS) is 18.1. The molecule has 3 nitrogen and oxygen atoms in total. The van der Waals surface area contributed by atoms with Gasteiger partial charge in [0.05, 0.1) is 12.1 Å². The molecule has 3 heteroatoms. The number of nitrogens with one attached hydrogen (secondary N) is 1. The Morgan fingerprint density at radius 1 is 1.31 bits per heavy atom. The number of anilines is 1. The number of rotatable bonds is 0. The zero-order valence-corrected chi connectivity index (χ0v) is 10.2. The monoisotopic (exact) mass is 219 g/mol. The molecule has 2 rings (SSSR count). The van der Waals surface area contributed by atoms with Crippen molar-refractivity contribution in [2.45, 2.75) is 39.7 Å². The highest BCUT2D eigenvalue weighted by molar-refractivity contribution is 5.94. The van der Waals surface area contributed by atoms with Crippen molar-refractivity contribution in [3.63, 3.8) is 0 Å². The number of carbonyl (C=O) groups is 1. The van der Waals surface area contributed by atoms with Crippen LogP contribution in [0, 0.1) is 13.8 Å². The Labute approximate surface area is 95.8 Å². The van der Waals surface area contributed by atoms with Gasteiger partial charge < -0.3 is 10.1 Å². The maximum absolute atomic E-state index is 11.7. The highest BCUT2D eigenvalue weighted by Crippen LogP contribution is 2.36. The lowest BCUT2D eigenvalue weighted by Gasteiger charge is -2.23. The third-order valence-electron chi connectivity index (χ3n) is 2.68. The van der Waals surface area contributed by atoms with Crippen molar-refractivity contribution < 1.29 is 9.53 Å². The minimum Gasteiger partial charge on any atom is -0.485 e. The van der Waals surface area contributed by atoms with Gasteiger partial charge in [-0.05, 0) is 44.9 Å². The van der Waals surface area contributed by atoms with Gasteiger partial charge in [0.2, 0.25) is 5.91 Å². The summed E-state index contributed by atoms with van der Waals surface area (Å²) in [5.41, 5.74) is 2.54. The number of hydrogen-bond acceptors (Lipinski definition) is 2. The molecule has 16 heavy (non-hydrogen) atoms. The summed E-state index contributed by atoms with van der Waals surface area (Å²) in [6.45, 7) is 7.86. The van der Waals surface area contributed by atoms with Gasteiger partial charge in [-0.25, -0.2) is 0 Å². The lowest BCUT2D eigenvalue weighted by atomic mass is 10.1.